The minimum absolute atomic E-state index is 0.512. The average Bonchev–Trinajstić information content (AvgIpc) is 1.89. The highest BCUT2D eigenvalue weighted by Crippen LogP contribution is 1.86. The van der Waals surface area contributed by atoms with E-state index in [0.29, 0.717) is 13.1 Å². The first-order chi connectivity index (χ1) is 4.41. The molecule has 0 saturated heterocycles. The van der Waals surface area contributed by atoms with Crippen LogP contribution in [0, 0.1) is 0 Å². The molecular formula is C4H10N4O. The molecule has 5 nitrogen and oxygen atoms in total. The predicted octanol–water partition coefficient (Wildman–Crippen LogP) is 1.06. The summed E-state index contributed by atoms with van der Waals surface area (Å²) in [4.78, 5) is 2.58. The van der Waals surface area contributed by atoms with Crippen molar-refractivity contribution in [2.75, 3.05) is 13.1 Å². The van der Waals surface area contributed by atoms with Gasteiger partial charge in [0.25, 0.3) is 0 Å². The summed E-state index contributed by atoms with van der Waals surface area (Å²) in [5.74, 6) is 0. The molecule has 0 amide bonds. The van der Waals surface area contributed by atoms with E-state index in [2.05, 4.69) is 10.0 Å². The highest BCUT2D eigenvalue weighted by Gasteiger charge is 1.82. The second-order valence-corrected chi connectivity index (χ2v) is 1.57. The van der Waals surface area contributed by atoms with Gasteiger partial charge in [0.15, 0.2) is 0 Å². The van der Waals surface area contributed by atoms with Crippen LogP contribution < -0.4 is 5.48 Å². The zero-order chi connectivity index (χ0) is 6.95. The van der Waals surface area contributed by atoms with Crippen molar-refractivity contribution in [2.24, 2.45) is 5.11 Å². The first kappa shape index (κ1) is 8.23. The molecule has 0 aromatic carbocycles. The smallest absolute Gasteiger partial charge is 0.0258 e. The van der Waals surface area contributed by atoms with Gasteiger partial charge in [-0.2, -0.15) is 0 Å². The largest absolute Gasteiger partial charge is 0.317 e. The Morgan fingerprint density at radius 1 is 1.56 bits per heavy atom. The van der Waals surface area contributed by atoms with Crippen molar-refractivity contribution in [2.45, 2.75) is 12.8 Å². The van der Waals surface area contributed by atoms with Crippen LogP contribution in [-0.2, 0) is 0 Å². The minimum atomic E-state index is 0.512. The van der Waals surface area contributed by atoms with Crippen molar-refractivity contribution < 1.29 is 5.21 Å². The summed E-state index contributed by atoms with van der Waals surface area (Å²) in [5, 5.41) is 11.4. The second kappa shape index (κ2) is 7.23. The summed E-state index contributed by atoms with van der Waals surface area (Å²) in [7, 11) is 0. The van der Waals surface area contributed by atoms with Gasteiger partial charge >= 0.3 is 0 Å². The summed E-state index contributed by atoms with van der Waals surface area (Å²) in [6.45, 7) is 1.07. The molecule has 0 saturated carbocycles. The van der Waals surface area contributed by atoms with Crippen LogP contribution in [0.1, 0.15) is 12.8 Å². The summed E-state index contributed by atoms with van der Waals surface area (Å²) in [6, 6.07) is 0. The van der Waals surface area contributed by atoms with E-state index in [9.17, 15) is 0 Å². The van der Waals surface area contributed by atoms with Crippen molar-refractivity contribution in [1.29, 1.82) is 0 Å². The maximum absolute atomic E-state index is 8.07. The van der Waals surface area contributed by atoms with Crippen LogP contribution in [-0.4, -0.2) is 18.3 Å². The monoisotopic (exact) mass is 130 g/mol. The number of hydrogen-bond acceptors (Lipinski definition) is 3. The van der Waals surface area contributed by atoms with Gasteiger partial charge in [-0.05, 0) is 18.4 Å². The van der Waals surface area contributed by atoms with E-state index in [-0.39, 0.29) is 0 Å². The fourth-order valence-electron chi connectivity index (χ4n) is 0.431. The SMILES string of the molecule is [N-]=[N+]=NCCCCNO. The highest BCUT2D eigenvalue weighted by atomic mass is 16.5. The van der Waals surface area contributed by atoms with Gasteiger partial charge in [0, 0.05) is 18.0 Å². The first-order valence-corrected chi connectivity index (χ1v) is 2.79. The fraction of sp³-hybridized carbons (Fsp3) is 1.00. The van der Waals surface area contributed by atoms with Gasteiger partial charge < -0.3 is 5.21 Å². The molecular weight excluding hydrogens is 120 g/mol. The van der Waals surface area contributed by atoms with Crippen molar-refractivity contribution in [1.82, 2.24) is 5.48 Å². The van der Waals surface area contributed by atoms with Gasteiger partial charge in [-0.3, -0.25) is 0 Å². The Labute approximate surface area is 53.3 Å². The van der Waals surface area contributed by atoms with Crippen molar-refractivity contribution in [3.63, 3.8) is 0 Å². The Hall–Kier alpha value is -0.770. The molecule has 0 atom stereocenters. The lowest BCUT2D eigenvalue weighted by Crippen LogP contribution is -2.08. The molecule has 2 N–H and O–H groups in total. The van der Waals surface area contributed by atoms with E-state index in [1.165, 1.54) is 0 Å². The second-order valence-electron chi connectivity index (χ2n) is 1.57. The standard InChI is InChI=1S/C4H10N4O/c5-8-6-3-1-2-4-7-9/h7,9H,1-4H2. The third-order valence-electron chi connectivity index (χ3n) is 0.860. The number of nitrogens with zero attached hydrogens (tertiary/aromatic N) is 3. The van der Waals surface area contributed by atoms with Crippen LogP contribution in [0.2, 0.25) is 0 Å². The third-order valence-corrected chi connectivity index (χ3v) is 0.860. The summed E-state index contributed by atoms with van der Waals surface area (Å²) in [6.07, 6.45) is 1.65. The molecule has 52 valence electrons. The molecule has 0 aliphatic carbocycles. The van der Waals surface area contributed by atoms with E-state index < -0.39 is 0 Å². The maximum Gasteiger partial charge on any atom is 0.0258 e. The zero-order valence-corrected chi connectivity index (χ0v) is 5.12. The number of hydroxylamine groups is 1. The lowest BCUT2D eigenvalue weighted by Gasteiger charge is -1.92. The van der Waals surface area contributed by atoms with E-state index in [1.54, 1.807) is 0 Å². The molecule has 0 spiro atoms. The number of nitrogens with one attached hydrogen (secondary N) is 1. The van der Waals surface area contributed by atoms with Crippen molar-refractivity contribution in [3.8, 4) is 0 Å². The van der Waals surface area contributed by atoms with Crippen molar-refractivity contribution in [3.05, 3.63) is 10.4 Å². The molecule has 0 aromatic rings. The molecule has 0 bridgehead atoms. The Morgan fingerprint density at radius 3 is 2.89 bits per heavy atom. The molecule has 0 heterocycles. The third kappa shape index (κ3) is 7.23. The summed E-state index contributed by atoms with van der Waals surface area (Å²) >= 11 is 0. The van der Waals surface area contributed by atoms with Crippen LogP contribution >= 0.6 is 0 Å². The maximum atomic E-state index is 8.07. The van der Waals surface area contributed by atoms with Crippen LogP contribution in [0.25, 0.3) is 10.4 Å². The lowest BCUT2D eigenvalue weighted by molar-refractivity contribution is 0.165. The van der Waals surface area contributed by atoms with E-state index in [4.69, 9.17) is 10.7 Å². The fourth-order valence-corrected chi connectivity index (χ4v) is 0.431. The zero-order valence-electron chi connectivity index (χ0n) is 5.12. The van der Waals surface area contributed by atoms with Gasteiger partial charge in [-0.15, -0.1) is 0 Å². The molecule has 0 rings (SSSR count). The minimum Gasteiger partial charge on any atom is -0.317 e. The van der Waals surface area contributed by atoms with Gasteiger partial charge in [-0.25, -0.2) is 5.48 Å². The topological polar surface area (TPSA) is 81.0 Å². The quantitative estimate of drug-likeness (QED) is 0.192. The number of unbranched alkanes of at least 4 members (excludes halogenated alkanes) is 1. The van der Waals surface area contributed by atoms with E-state index in [1.807, 2.05) is 5.48 Å². The Balaban J connectivity index is 2.82. The summed E-state index contributed by atoms with van der Waals surface area (Å²) < 4.78 is 0. The van der Waals surface area contributed by atoms with Crippen LogP contribution in [0.15, 0.2) is 5.11 Å². The molecule has 0 radical (unpaired) electrons. The molecule has 0 unspecified atom stereocenters. The van der Waals surface area contributed by atoms with E-state index in [0.717, 1.165) is 12.8 Å². The van der Waals surface area contributed by atoms with Gasteiger partial charge in [0.05, 0.1) is 0 Å². The Morgan fingerprint density at radius 2 is 2.33 bits per heavy atom. The van der Waals surface area contributed by atoms with Gasteiger partial charge in [0.2, 0.25) is 0 Å². The van der Waals surface area contributed by atoms with Crippen molar-refractivity contribution >= 4 is 0 Å². The number of hydrogen-bond donors (Lipinski definition) is 2. The number of azide groups is 1. The molecule has 0 aliphatic rings. The number of rotatable bonds is 5. The van der Waals surface area contributed by atoms with Crippen LogP contribution in [0.5, 0.6) is 0 Å². The predicted molar refractivity (Wildman–Crippen MR) is 33.0 cm³/mol. The van der Waals surface area contributed by atoms with E-state index >= 15 is 0 Å². The van der Waals surface area contributed by atoms with Gasteiger partial charge in [-0.1, -0.05) is 5.11 Å². The molecule has 0 aliphatic heterocycles. The molecule has 9 heavy (non-hydrogen) atoms. The summed E-state index contributed by atoms with van der Waals surface area (Å²) in [5.41, 5.74) is 9.83. The lowest BCUT2D eigenvalue weighted by atomic mass is 10.3. The molecule has 0 fully saturated rings. The Kier molecular flexibility index (Phi) is 6.61. The van der Waals surface area contributed by atoms with Crippen LogP contribution in [0.4, 0.5) is 0 Å². The average molecular weight is 130 g/mol. The molecule has 5 heteroatoms. The van der Waals surface area contributed by atoms with Gasteiger partial charge in [0.1, 0.15) is 0 Å². The van der Waals surface area contributed by atoms with Crippen LogP contribution in [0.3, 0.4) is 0 Å². The highest BCUT2D eigenvalue weighted by molar-refractivity contribution is 4.47. The first-order valence-electron chi connectivity index (χ1n) is 2.79. The Bertz CT molecular complexity index is 98.7. The molecule has 0 aromatic heterocycles. The normalized spacial score (nSPS) is 8.56.